The summed E-state index contributed by atoms with van der Waals surface area (Å²) < 4.78 is 11.1. The molecule has 2 fully saturated rings. The fourth-order valence-electron chi connectivity index (χ4n) is 6.47. The number of carbonyl (C=O) groups excluding carboxylic acids is 2. The number of carbonyl (C=O) groups is 2. The van der Waals surface area contributed by atoms with Crippen LogP contribution in [-0.4, -0.2) is 45.0 Å². The summed E-state index contributed by atoms with van der Waals surface area (Å²) in [6.45, 7) is 7.90. The first-order valence-corrected chi connectivity index (χ1v) is 16.3. The molecule has 44 heavy (non-hydrogen) atoms. The highest BCUT2D eigenvalue weighted by Gasteiger charge is 2.38. The highest BCUT2D eigenvalue weighted by atomic mass is 16.5. The zero-order valence-corrected chi connectivity index (χ0v) is 26.6. The lowest BCUT2D eigenvalue weighted by Gasteiger charge is -2.41. The number of allylic oxidation sites excluding steroid dienone is 1. The monoisotopic (exact) mass is 593 g/mol. The van der Waals surface area contributed by atoms with Gasteiger partial charge in [0.1, 0.15) is 11.5 Å². The number of aryl methyl sites for hydroxylation is 1. The number of anilines is 1. The Morgan fingerprint density at radius 2 is 1.68 bits per heavy atom. The predicted octanol–water partition coefficient (Wildman–Crippen LogP) is 7.99. The van der Waals surface area contributed by atoms with Crippen molar-refractivity contribution in [2.75, 3.05) is 38.3 Å². The molecule has 2 aliphatic rings. The second-order valence-electron chi connectivity index (χ2n) is 12.5. The number of nitrogens with zero attached hydrogens (tertiary/aromatic N) is 1. The van der Waals surface area contributed by atoms with E-state index < -0.39 is 5.92 Å². The van der Waals surface area contributed by atoms with Crippen molar-refractivity contribution in [1.29, 1.82) is 0 Å². The van der Waals surface area contributed by atoms with Gasteiger partial charge in [-0.15, -0.1) is 0 Å². The van der Waals surface area contributed by atoms with Crippen molar-refractivity contribution in [3.63, 3.8) is 0 Å². The van der Waals surface area contributed by atoms with Crippen molar-refractivity contribution in [3.8, 4) is 5.75 Å². The van der Waals surface area contributed by atoms with Gasteiger partial charge in [-0.2, -0.15) is 0 Å². The minimum absolute atomic E-state index is 0.0605. The quantitative estimate of drug-likeness (QED) is 0.140. The van der Waals surface area contributed by atoms with Crippen LogP contribution in [0.5, 0.6) is 5.75 Å². The highest BCUT2D eigenvalue weighted by Crippen LogP contribution is 2.35. The van der Waals surface area contributed by atoms with Crippen LogP contribution in [0.1, 0.15) is 73.6 Å². The average molecular weight is 594 g/mol. The Morgan fingerprint density at radius 3 is 2.36 bits per heavy atom. The number of Topliss-reactive ketones (excluding diaryl/α,β-unsaturated/α-hetero) is 2. The molecular formula is C39H47NO4. The van der Waals surface area contributed by atoms with Gasteiger partial charge < -0.3 is 14.4 Å². The molecule has 2 unspecified atom stereocenters. The Labute approximate surface area is 263 Å². The van der Waals surface area contributed by atoms with Crippen molar-refractivity contribution in [2.45, 2.75) is 64.7 Å². The molecule has 1 aliphatic carbocycles. The summed E-state index contributed by atoms with van der Waals surface area (Å²) in [4.78, 5) is 28.6. The molecule has 5 nitrogen and oxygen atoms in total. The SMILES string of the molecule is CCCOC/C(=C\CCCC1CN(c2ccc(C3CCC(=O)C(Cc4ccc(OC)cc4)C3=O)cc2)C1)c1ccc(C)cc1. The highest BCUT2D eigenvalue weighted by molar-refractivity contribution is 6.07. The number of ether oxygens (including phenoxy) is 2. The van der Waals surface area contributed by atoms with E-state index in [9.17, 15) is 9.59 Å². The first kappa shape index (κ1) is 31.7. The van der Waals surface area contributed by atoms with Crippen LogP contribution in [0.2, 0.25) is 0 Å². The van der Waals surface area contributed by atoms with Crippen molar-refractivity contribution < 1.29 is 19.1 Å². The van der Waals surface area contributed by atoms with E-state index in [-0.39, 0.29) is 17.5 Å². The number of rotatable bonds is 14. The normalized spacial score (nSPS) is 19.2. The molecule has 0 aromatic heterocycles. The summed E-state index contributed by atoms with van der Waals surface area (Å²) in [7, 11) is 1.63. The second-order valence-corrected chi connectivity index (χ2v) is 12.5. The van der Waals surface area contributed by atoms with Crippen LogP contribution in [0, 0.1) is 18.8 Å². The lowest BCUT2D eigenvalue weighted by molar-refractivity contribution is -0.136. The van der Waals surface area contributed by atoms with E-state index in [0.717, 1.165) is 49.4 Å². The molecule has 232 valence electrons. The molecule has 1 saturated heterocycles. The molecule has 2 atom stereocenters. The summed E-state index contributed by atoms with van der Waals surface area (Å²) in [5.74, 6) is 0.841. The number of unbranched alkanes of at least 4 members (excludes halogenated alkanes) is 1. The van der Waals surface area contributed by atoms with Gasteiger partial charge >= 0.3 is 0 Å². The Hall–Kier alpha value is -3.70. The first-order chi connectivity index (χ1) is 21.4. The molecular weight excluding hydrogens is 546 g/mol. The van der Waals surface area contributed by atoms with Gasteiger partial charge in [-0.05, 0) is 97.9 Å². The van der Waals surface area contributed by atoms with Gasteiger partial charge in [0, 0.05) is 37.7 Å². The molecule has 0 radical (unpaired) electrons. The van der Waals surface area contributed by atoms with Crippen molar-refractivity contribution >= 4 is 22.8 Å². The van der Waals surface area contributed by atoms with Crippen LogP contribution < -0.4 is 9.64 Å². The smallest absolute Gasteiger partial charge is 0.151 e. The topological polar surface area (TPSA) is 55.8 Å². The van der Waals surface area contributed by atoms with Gasteiger partial charge in [-0.3, -0.25) is 9.59 Å². The molecule has 1 aliphatic heterocycles. The van der Waals surface area contributed by atoms with E-state index in [1.807, 2.05) is 24.3 Å². The largest absolute Gasteiger partial charge is 0.497 e. The zero-order chi connectivity index (χ0) is 30.9. The maximum absolute atomic E-state index is 13.5. The molecule has 0 amide bonds. The number of methoxy groups -OCH3 is 1. The maximum atomic E-state index is 13.5. The average Bonchev–Trinajstić information content (AvgIpc) is 3.02. The molecule has 3 aromatic rings. The number of hydrogen-bond donors (Lipinski definition) is 0. The lowest BCUT2D eigenvalue weighted by atomic mass is 9.74. The van der Waals surface area contributed by atoms with Crippen LogP contribution >= 0.6 is 0 Å². The summed E-state index contributed by atoms with van der Waals surface area (Å²) in [6.07, 6.45) is 8.41. The van der Waals surface area contributed by atoms with Gasteiger partial charge in [0.05, 0.1) is 19.6 Å². The van der Waals surface area contributed by atoms with Crippen LogP contribution in [0.3, 0.4) is 0 Å². The van der Waals surface area contributed by atoms with Crippen molar-refractivity contribution in [3.05, 3.63) is 101 Å². The fraction of sp³-hybridized carbons (Fsp3) is 0.436. The van der Waals surface area contributed by atoms with E-state index in [1.54, 1.807) is 7.11 Å². The Kier molecular flexibility index (Phi) is 11.1. The first-order valence-electron chi connectivity index (χ1n) is 16.3. The van der Waals surface area contributed by atoms with Gasteiger partial charge in [0.25, 0.3) is 0 Å². The molecule has 5 heteroatoms. The fourth-order valence-corrected chi connectivity index (χ4v) is 6.47. The Balaban J connectivity index is 1.09. The van der Waals surface area contributed by atoms with E-state index >= 15 is 0 Å². The van der Waals surface area contributed by atoms with E-state index in [2.05, 4.69) is 73.4 Å². The van der Waals surface area contributed by atoms with Gasteiger partial charge in [0.15, 0.2) is 5.78 Å². The minimum atomic E-state index is -0.565. The molecule has 5 rings (SSSR count). The maximum Gasteiger partial charge on any atom is 0.151 e. The number of hydrogen-bond acceptors (Lipinski definition) is 5. The van der Waals surface area contributed by atoms with Gasteiger partial charge in [-0.1, -0.05) is 67.1 Å². The molecule has 3 aromatic carbocycles. The molecule has 0 bridgehead atoms. The van der Waals surface area contributed by atoms with E-state index in [0.29, 0.717) is 31.8 Å². The number of ketones is 2. The second kappa shape index (κ2) is 15.3. The zero-order valence-electron chi connectivity index (χ0n) is 26.6. The third kappa shape index (κ3) is 8.06. The van der Waals surface area contributed by atoms with E-state index in [1.165, 1.54) is 35.2 Å². The molecule has 1 saturated carbocycles. The van der Waals surface area contributed by atoms with E-state index in [4.69, 9.17) is 9.47 Å². The lowest BCUT2D eigenvalue weighted by Crippen LogP contribution is -2.46. The minimum Gasteiger partial charge on any atom is -0.497 e. The summed E-state index contributed by atoms with van der Waals surface area (Å²) >= 11 is 0. The van der Waals surface area contributed by atoms with Crippen LogP contribution in [0.25, 0.3) is 5.57 Å². The summed E-state index contributed by atoms with van der Waals surface area (Å²) in [6, 6.07) is 24.9. The Morgan fingerprint density at radius 1 is 0.955 bits per heavy atom. The molecule has 1 heterocycles. The molecule has 0 spiro atoms. The van der Waals surface area contributed by atoms with Crippen molar-refractivity contribution in [1.82, 2.24) is 0 Å². The Bertz CT molecular complexity index is 1400. The third-order valence-corrected chi connectivity index (χ3v) is 9.21. The summed E-state index contributed by atoms with van der Waals surface area (Å²) in [5, 5.41) is 0. The van der Waals surface area contributed by atoms with Crippen molar-refractivity contribution in [2.24, 2.45) is 11.8 Å². The van der Waals surface area contributed by atoms with Crippen LogP contribution in [-0.2, 0) is 20.7 Å². The molecule has 0 N–H and O–H groups in total. The van der Waals surface area contributed by atoms with Crippen LogP contribution in [0.4, 0.5) is 5.69 Å². The third-order valence-electron chi connectivity index (χ3n) is 9.21. The predicted molar refractivity (Wildman–Crippen MR) is 178 cm³/mol. The van der Waals surface area contributed by atoms with Gasteiger partial charge in [-0.25, -0.2) is 0 Å². The number of benzene rings is 3. The van der Waals surface area contributed by atoms with Gasteiger partial charge in [0.2, 0.25) is 0 Å². The standard InChI is InChI=1S/C39H47NO4/c1-4-23-44-27-33(31-13-9-28(2)10-14-31)8-6-5-7-30-25-40(26-30)34-17-15-32(16-18-34)36-21-22-38(41)37(39(36)42)24-29-11-19-35(43-3)20-12-29/h8-20,30,36-37H,4-7,21-27H2,1-3H3/b33-8+. The van der Waals surface area contributed by atoms with Crippen LogP contribution in [0.15, 0.2) is 78.9 Å². The summed E-state index contributed by atoms with van der Waals surface area (Å²) in [5.41, 5.74) is 7.07.